The number of hydrogen-bond acceptors (Lipinski definition) is 4. The summed E-state index contributed by atoms with van der Waals surface area (Å²) in [5.74, 6) is -0.0783. The van der Waals surface area contributed by atoms with Crippen molar-refractivity contribution in [1.82, 2.24) is 19.7 Å². The predicted molar refractivity (Wildman–Crippen MR) is 81.9 cm³/mol. The van der Waals surface area contributed by atoms with Gasteiger partial charge in [-0.2, -0.15) is 0 Å². The highest BCUT2D eigenvalue weighted by atomic mass is 32.1. The molecular formula is C14H12N4O2S. The molecule has 0 aliphatic heterocycles. The molecule has 0 aliphatic rings. The number of aliphatic hydroxyl groups is 1. The molecule has 106 valence electrons. The molecule has 2 heterocycles. The van der Waals surface area contributed by atoms with Crippen molar-refractivity contribution in [1.29, 1.82) is 0 Å². The third-order valence-corrected chi connectivity index (χ3v) is 3.64. The summed E-state index contributed by atoms with van der Waals surface area (Å²) in [6.07, 6.45) is 1.48. The van der Waals surface area contributed by atoms with Crippen LogP contribution in [0.15, 0.2) is 53.8 Å². The lowest BCUT2D eigenvalue weighted by molar-refractivity contribution is 0.350. The number of nitrogens with zero attached hydrogens (tertiary/aromatic N) is 2. The first-order chi connectivity index (χ1) is 10.1. The third-order valence-electron chi connectivity index (χ3n) is 3.23. The summed E-state index contributed by atoms with van der Waals surface area (Å²) in [5.41, 5.74) is 0.845. The first-order valence-corrected chi connectivity index (χ1v) is 6.60. The van der Waals surface area contributed by atoms with E-state index in [0.717, 1.165) is 5.56 Å². The van der Waals surface area contributed by atoms with E-state index in [1.165, 1.54) is 6.33 Å². The number of hydrogen-bond donors (Lipinski definition) is 3. The molecule has 3 aromatic rings. The summed E-state index contributed by atoms with van der Waals surface area (Å²) in [7, 11) is 0. The van der Waals surface area contributed by atoms with Gasteiger partial charge in [-0.3, -0.25) is 15.0 Å². The molecule has 0 saturated carbocycles. The molecule has 0 aliphatic carbocycles. The van der Waals surface area contributed by atoms with E-state index in [9.17, 15) is 9.90 Å². The predicted octanol–water partition coefficient (Wildman–Crippen LogP) is 2.44. The van der Waals surface area contributed by atoms with Gasteiger partial charge in [0.1, 0.15) is 21.8 Å². The number of aliphatic hydroxyl groups excluding tert-OH is 1. The molecule has 0 spiro atoms. The van der Waals surface area contributed by atoms with Crippen molar-refractivity contribution in [3.8, 4) is 0 Å². The van der Waals surface area contributed by atoms with Crippen LogP contribution >= 0.6 is 12.2 Å². The molecule has 3 rings (SSSR count). The molecule has 1 unspecified atom stereocenters. The van der Waals surface area contributed by atoms with E-state index in [1.54, 1.807) is 4.57 Å². The van der Waals surface area contributed by atoms with Gasteiger partial charge < -0.3 is 9.67 Å². The molecule has 0 fully saturated rings. The Morgan fingerprint density at radius 3 is 2.71 bits per heavy atom. The van der Waals surface area contributed by atoms with Gasteiger partial charge in [-0.25, -0.2) is 4.98 Å². The van der Waals surface area contributed by atoms with Gasteiger partial charge in [-0.05, 0) is 5.56 Å². The molecule has 7 heteroatoms. The summed E-state index contributed by atoms with van der Waals surface area (Å²) >= 11 is 5.36. The van der Waals surface area contributed by atoms with E-state index in [-0.39, 0.29) is 21.3 Å². The molecule has 0 saturated heterocycles. The van der Waals surface area contributed by atoms with Crippen LogP contribution in [0.3, 0.4) is 0 Å². The Hall–Kier alpha value is -2.67. The van der Waals surface area contributed by atoms with Crippen molar-refractivity contribution in [2.24, 2.45) is 0 Å². The molecule has 0 amide bonds. The fourth-order valence-electron chi connectivity index (χ4n) is 2.28. The second-order valence-electron chi connectivity index (χ2n) is 4.56. The average molecular weight is 300 g/mol. The SMILES string of the molecule is C=C(O)C(c1ccccc1)n1cnc2[nH][nH]c(=O)c2c1=S. The molecule has 6 nitrogen and oxygen atoms in total. The van der Waals surface area contributed by atoms with E-state index in [4.69, 9.17) is 12.2 Å². The highest BCUT2D eigenvalue weighted by molar-refractivity contribution is 7.71. The fourth-order valence-corrected chi connectivity index (χ4v) is 2.62. The number of fused-ring (bicyclic) bond motifs is 1. The fraction of sp³-hybridized carbons (Fsp3) is 0.0714. The number of aromatic nitrogens is 4. The van der Waals surface area contributed by atoms with Crippen molar-refractivity contribution in [3.63, 3.8) is 0 Å². The Kier molecular flexibility index (Phi) is 3.19. The molecule has 3 N–H and O–H groups in total. The minimum Gasteiger partial charge on any atom is -0.510 e. The molecule has 0 bridgehead atoms. The van der Waals surface area contributed by atoms with Crippen LogP contribution in [-0.4, -0.2) is 24.9 Å². The number of aromatic amines is 2. The quantitative estimate of drug-likeness (QED) is 0.512. The Morgan fingerprint density at radius 1 is 1.33 bits per heavy atom. The van der Waals surface area contributed by atoms with Gasteiger partial charge in [0.05, 0.1) is 6.33 Å². The molecule has 21 heavy (non-hydrogen) atoms. The van der Waals surface area contributed by atoms with E-state index in [0.29, 0.717) is 5.65 Å². The zero-order valence-electron chi connectivity index (χ0n) is 10.9. The van der Waals surface area contributed by atoms with Gasteiger partial charge in [0.15, 0.2) is 5.65 Å². The summed E-state index contributed by atoms with van der Waals surface area (Å²) < 4.78 is 1.84. The number of benzene rings is 1. The first-order valence-electron chi connectivity index (χ1n) is 6.20. The standard InChI is InChI=1S/C14H12N4O2S/c1-8(19)11(9-5-3-2-4-6-9)18-7-15-12-10(14(18)21)13(20)17-16-12/h2-7,11,19H,1H2,(H2,16,17,20). The first kappa shape index (κ1) is 13.3. The highest BCUT2D eigenvalue weighted by Gasteiger charge is 2.19. The van der Waals surface area contributed by atoms with Crippen LogP contribution in [0, 0.1) is 4.64 Å². The number of allylic oxidation sites excluding steroid dienone is 1. The van der Waals surface area contributed by atoms with E-state index in [2.05, 4.69) is 21.8 Å². The minimum atomic E-state index is -0.593. The summed E-state index contributed by atoms with van der Waals surface area (Å²) in [6.45, 7) is 3.61. The van der Waals surface area contributed by atoms with Gasteiger partial charge in [0, 0.05) is 0 Å². The third kappa shape index (κ3) is 2.17. The zero-order valence-corrected chi connectivity index (χ0v) is 11.7. The summed E-state index contributed by atoms with van der Waals surface area (Å²) in [5, 5.41) is 15.3. The highest BCUT2D eigenvalue weighted by Crippen LogP contribution is 2.25. The average Bonchev–Trinajstić information content (AvgIpc) is 2.85. The second-order valence-corrected chi connectivity index (χ2v) is 4.95. The van der Waals surface area contributed by atoms with Crippen LogP contribution in [0.2, 0.25) is 0 Å². The van der Waals surface area contributed by atoms with Gasteiger partial charge in [-0.1, -0.05) is 49.1 Å². The zero-order chi connectivity index (χ0) is 15.0. The van der Waals surface area contributed by atoms with Crippen LogP contribution < -0.4 is 5.56 Å². The number of nitrogens with one attached hydrogen (secondary N) is 2. The maximum Gasteiger partial charge on any atom is 0.276 e. The topological polar surface area (TPSA) is 86.7 Å². The van der Waals surface area contributed by atoms with E-state index >= 15 is 0 Å². The lowest BCUT2D eigenvalue weighted by Gasteiger charge is -2.19. The van der Waals surface area contributed by atoms with E-state index < -0.39 is 6.04 Å². The smallest absolute Gasteiger partial charge is 0.276 e. The van der Waals surface area contributed by atoms with Crippen molar-refractivity contribution in [3.05, 3.63) is 69.6 Å². The lowest BCUT2D eigenvalue weighted by Crippen LogP contribution is -2.15. The summed E-state index contributed by atoms with van der Waals surface area (Å²) in [6, 6.07) is 8.68. The van der Waals surface area contributed by atoms with Crippen LogP contribution in [0.1, 0.15) is 11.6 Å². The molecule has 1 aromatic carbocycles. The number of H-pyrrole nitrogens is 2. The second kappa shape index (κ2) is 5.02. The number of rotatable bonds is 3. The van der Waals surface area contributed by atoms with Gasteiger partial charge >= 0.3 is 0 Å². The Bertz CT molecular complexity index is 923. The lowest BCUT2D eigenvalue weighted by atomic mass is 10.1. The van der Waals surface area contributed by atoms with Gasteiger partial charge in [0.25, 0.3) is 5.56 Å². The minimum absolute atomic E-state index is 0.0783. The van der Waals surface area contributed by atoms with Crippen molar-refractivity contribution in [2.75, 3.05) is 0 Å². The van der Waals surface area contributed by atoms with Gasteiger partial charge in [0.2, 0.25) is 0 Å². The Balaban J connectivity index is 2.29. The molecule has 2 aromatic heterocycles. The largest absolute Gasteiger partial charge is 0.510 e. The monoisotopic (exact) mass is 300 g/mol. The van der Waals surface area contributed by atoms with Crippen LogP contribution in [-0.2, 0) is 0 Å². The van der Waals surface area contributed by atoms with Crippen molar-refractivity contribution in [2.45, 2.75) is 6.04 Å². The maximum atomic E-state index is 11.8. The maximum absolute atomic E-state index is 11.8. The van der Waals surface area contributed by atoms with Crippen molar-refractivity contribution < 1.29 is 5.11 Å². The van der Waals surface area contributed by atoms with E-state index in [1.807, 2.05) is 30.3 Å². The normalized spacial score (nSPS) is 12.4. The Morgan fingerprint density at radius 2 is 2.05 bits per heavy atom. The van der Waals surface area contributed by atoms with Crippen LogP contribution in [0.25, 0.3) is 11.0 Å². The van der Waals surface area contributed by atoms with Gasteiger partial charge in [-0.15, -0.1) is 0 Å². The van der Waals surface area contributed by atoms with Crippen LogP contribution in [0.4, 0.5) is 0 Å². The summed E-state index contributed by atoms with van der Waals surface area (Å²) in [4.78, 5) is 15.9. The Labute approximate surface area is 124 Å². The van der Waals surface area contributed by atoms with Crippen LogP contribution in [0.5, 0.6) is 0 Å². The molecule has 1 atom stereocenters. The molecule has 0 radical (unpaired) electrons. The van der Waals surface area contributed by atoms with Crippen molar-refractivity contribution >= 4 is 23.3 Å². The molecular weight excluding hydrogens is 288 g/mol.